The van der Waals surface area contributed by atoms with Crippen LogP contribution in [0.1, 0.15) is 6.42 Å². The van der Waals surface area contributed by atoms with Crippen molar-refractivity contribution in [1.82, 2.24) is 0 Å². The summed E-state index contributed by atoms with van der Waals surface area (Å²) >= 11 is 0. The predicted octanol–water partition coefficient (Wildman–Crippen LogP) is 2.75. The summed E-state index contributed by atoms with van der Waals surface area (Å²) in [6, 6.07) is 3.51. The van der Waals surface area contributed by atoms with Crippen LogP contribution in [0.15, 0.2) is 51.8 Å². The van der Waals surface area contributed by atoms with Crippen molar-refractivity contribution < 1.29 is 9.52 Å². The van der Waals surface area contributed by atoms with Crippen LogP contribution in [-0.2, 0) is 0 Å². The Morgan fingerprint density at radius 2 is 2.38 bits per heavy atom. The van der Waals surface area contributed by atoms with Gasteiger partial charge in [0, 0.05) is 12.5 Å². The van der Waals surface area contributed by atoms with Gasteiger partial charge in [-0.3, -0.25) is 0 Å². The monoisotopic (exact) mass is 175 g/mol. The molecule has 1 aliphatic rings. The lowest BCUT2D eigenvalue weighted by molar-refractivity contribution is 0.440. The molecule has 1 N–H and O–H groups in total. The van der Waals surface area contributed by atoms with Gasteiger partial charge in [0.25, 0.3) is 0 Å². The summed E-state index contributed by atoms with van der Waals surface area (Å²) in [5.41, 5.74) is 0.637. The normalized spacial score (nSPS) is 19.1. The maximum atomic E-state index is 9.41. The summed E-state index contributed by atoms with van der Waals surface area (Å²) < 4.78 is 5.03. The Morgan fingerprint density at radius 1 is 1.46 bits per heavy atom. The molecule has 0 aliphatic heterocycles. The number of aliphatic hydroxyl groups is 1. The Morgan fingerprint density at radius 3 is 3.08 bits per heavy atom. The van der Waals surface area contributed by atoms with E-state index in [9.17, 15) is 5.11 Å². The van der Waals surface area contributed by atoms with E-state index in [0.717, 1.165) is 0 Å². The zero-order valence-electron chi connectivity index (χ0n) is 6.97. The Bertz CT molecular complexity index is 372. The molecule has 0 radical (unpaired) electrons. The Labute approximate surface area is 75.7 Å². The number of furan rings is 1. The first kappa shape index (κ1) is 7.86. The molecule has 66 valence electrons. The lowest BCUT2D eigenvalue weighted by Gasteiger charge is -2.04. The van der Waals surface area contributed by atoms with Crippen LogP contribution in [0.2, 0.25) is 0 Å². The highest BCUT2D eigenvalue weighted by Gasteiger charge is 2.06. The highest BCUT2D eigenvalue weighted by molar-refractivity contribution is 6.01. The largest absolute Gasteiger partial charge is 0.506 e. The molecule has 1 heterocycles. The number of allylic oxidation sites excluding steroid dienone is 4. The minimum absolute atomic E-state index is 0.207. The average Bonchev–Trinajstić information content (AvgIpc) is 2.61. The van der Waals surface area contributed by atoms with Crippen molar-refractivity contribution in [2.24, 2.45) is 4.99 Å². The van der Waals surface area contributed by atoms with E-state index in [4.69, 9.17) is 4.42 Å². The van der Waals surface area contributed by atoms with Crippen LogP contribution in [0.4, 0.5) is 5.88 Å². The molecule has 0 unspecified atom stereocenters. The highest BCUT2D eigenvalue weighted by Crippen LogP contribution is 2.16. The molecular weight excluding hydrogens is 166 g/mol. The summed E-state index contributed by atoms with van der Waals surface area (Å²) in [4.78, 5) is 4.14. The molecule has 0 aromatic carbocycles. The maximum Gasteiger partial charge on any atom is 0.218 e. The second-order valence-electron chi connectivity index (χ2n) is 2.69. The molecule has 13 heavy (non-hydrogen) atoms. The smallest absolute Gasteiger partial charge is 0.218 e. The molecule has 0 fully saturated rings. The summed E-state index contributed by atoms with van der Waals surface area (Å²) in [5, 5.41) is 9.41. The fourth-order valence-electron chi connectivity index (χ4n) is 1.11. The number of aliphatic hydroxyl groups excluding tert-OH is 1. The maximum absolute atomic E-state index is 9.41. The molecule has 0 saturated carbocycles. The average molecular weight is 175 g/mol. The topological polar surface area (TPSA) is 45.7 Å². The number of rotatable bonds is 1. The van der Waals surface area contributed by atoms with E-state index in [0.29, 0.717) is 18.0 Å². The van der Waals surface area contributed by atoms with Crippen LogP contribution in [0.5, 0.6) is 0 Å². The van der Waals surface area contributed by atoms with E-state index < -0.39 is 0 Å². The molecule has 3 heteroatoms. The van der Waals surface area contributed by atoms with Gasteiger partial charge in [-0.25, -0.2) is 4.99 Å². The number of aliphatic imine (C=N–C) groups is 1. The van der Waals surface area contributed by atoms with Crippen molar-refractivity contribution in [3.05, 3.63) is 42.4 Å². The van der Waals surface area contributed by atoms with Crippen LogP contribution in [0, 0.1) is 0 Å². The highest BCUT2D eigenvalue weighted by atomic mass is 16.3. The molecule has 3 nitrogen and oxygen atoms in total. The van der Waals surface area contributed by atoms with Gasteiger partial charge >= 0.3 is 0 Å². The number of hydrogen-bond donors (Lipinski definition) is 1. The Balaban J connectivity index is 2.27. The predicted molar refractivity (Wildman–Crippen MR) is 50.3 cm³/mol. The number of hydrogen-bond acceptors (Lipinski definition) is 3. The van der Waals surface area contributed by atoms with Gasteiger partial charge in [-0.15, -0.1) is 0 Å². The van der Waals surface area contributed by atoms with Crippen LogP contribution >= 0.6 is 0 Å². The molecule has 0 saturated heterocycles. The standard InChI is InChI=1S/C10H9NO2/c12-9-5-2-1-4-8(9)11-10-6-3-7-13-10/h1-3,5-7,12H,4H2. The Kier molecular flexibility index (Phi) is 2.00. The zero-order chi connectivity index (χ0) is 9.10. The molecule has 2 rings (SSSR count). The van der Waals surface area contributed by atoms with Gasteiger partial charge in [0.2, 0.25) is 5.88 Å². The summed E-state index contributed by atoms with van der Waals surface area (Å²) in [5.74, 6) is 0.726. The minimum Gasteiger partial charge on any atom is -0.506 e. The molecule has 1 aliphatic carbocycles. The molecule has 0 atom stereocenters. The molecule has 0 spiro atoms. The summed E-state index contributed by atoms with van der Waals surface area (Å²) in [6.45, 7) is 0. The second-order valence-corrected chi connectivity index (χ2v) is 2.69. The van der Waals surface area contributed by atoms with E-state index in [1.807, 2.05) is 6.08 Å². The molecule has 0 amide bonds. The van der Waals surface area contributed by atoms with Crippen LogP contribution in [0.3, 0.4) is 0 Å². The minimum atomic E-state index is 0.207. The van der Waals surface area contributed by atoms with E-state index in [-0.39, 0.29) is 5.76 Å². The van der Waals surface area contributed by atoms with Crippen molar-refractivity contribution in [3.63, 3.8) is 0 Å². The van der Waals surface area contributed by atoms with Crippen molar-refractivity contribution in [1.29, 1.82) is 0 Å². The molecule has 1 aromatic heterocycles. The van der Waals surface area contributed by atoms with Crippen molar-refractivity contribution in [2.75, 3.05) is 0 Å². The number of nitrogens with zero attached hydrogens (tertiary/aromatic N) is 1. The van der Waals surface area contributed by atoms with Gasteiger partial charge in [-0.1, -0.05) is 12.2 Å². The lowest BCUT2D eigenvalue weighted by Crippen LogP contribution is -2.02. The van der Waals surface area contributed by atoms with E-state index in [1.54, 1.807) is 30.5 Å². The third-order valence-electron chi connectivity index (χ3n) is 1.75. The fourth-order valence-corrected chi connectivity index (χ4v) is 1.11. The van der Waals surface area contributed by atoms with Crippen molar-refractivity contribution in [2.45, 2.75) is 6.42 Å². The van der Waals surface area contributed by atoms with Gasteiger partial charge in [0.1, 0.15) is 5.76 Å². The van der Waals surface area contributed by atoms with Crippen molar-refractivity contribution >= 4 is 11.6 Å². The lowest BCUT2D eigenvalue weighted by atomic mass is 10.1. The van der Waals surface area contributed by atoms with Gasteiger partial charge in [0.15, 0.2) is 0 Å². The van der Waals surface area contributed by atoms with Crippen LogP contribution < -0.4 is 0 Å². The first-order chi connectivity index (χ1) is 6.36. The summed E-state index contributed by atoms with van der Waals surface area (Å²) in [6.07, 6.45) is 7.55. The zero-order valence-corrected chi connectivity index (χ0v) is 6.97. The third kappa shape index (κ3) is 1.69. The first-order valence-electron chi connectivity index (χ1n) is 4.03. The SMILES string of the molecule is OC1=CC=CCC1=Nc1ccco1. The summed E-state index contributed by atoms with van der Waals surface area (Å²) in [7, 11) is 0. The van der Waals surface area contributed by atoms with Gasteiger partial charge in [0.05, 0.1) is 12.0 Å². The quantitative estimate of drug-likeness (QED) is 0.713. The van der Waals surface area contributed by atoms with Gasteiger partial charge in [-0.2, -0.15) is 0 Å². The van der Waals surface area contributed by atoms with Crippen LogP contribution in [0.25, 0.3) is 0 Å². The van der Waals surface area contributed by atoms with E-state index in [2.05, 4.69) is 4.99 Å². The third-order valence-corrected chi connectivity index (χ3v) is 1.75. The van der Waals surface area contributed by atoms with Gasteiger partial charge in [-0.05, 0) is 12.1 Å². The fraction of sp³-hybridized carbons (Fsp3) is 0.100. The molecular formula is C10H9NO2. The first-order valence-corrected chi connectivity index (χ1v) is 4.03. The van der Waals surface area contributed by atoms with E-state index >= 15 is 0 Å². The molecule has 1 aromatic rings. The Hall–Kier alpha value is -1.77. The van der Waals surface area contributed by atoms with Gasteiger partial charge < -0.3 is 9.52 Å². The molecule has 0 bridgehead atoms. The van der Waals surface area contributed by atoms with Crippen molar-refractivity contribution in [3.8, 4) is 0 Å². The van der Waals surface area contributed by atoms with Crippen LogP contribution in [-0.4, -0.2) is 10.8 Å². The van der Waals surface area contributed by atoms with E-state index in [1.165, 1.54) is 0 Å². The second kappa shape index (κ2) is 3.31.